The molecule has 0 spiro atoms. The van der Waals surface area contributed by atoms with Crippen LogP contribution in [-0.2, 0) is 33.4 Å². The lowest BCUT2D eigenvalue weighted by molar-refractivity contribution is -0.176. The standard InChI is InChI=1S/C13H18O8/c1-4-7-19-12(17)8(2)21-13(18)9(3)20-11(16)6-5-10(14)15/h4,8-9H,1,5-7H2,2-3H3,(H,14,15)/t8-,9-/m0/s1. The van der Waals surface area contributed by atoms with Gasteiger partial charge in [-0.25, -0.2) is 9.59 Å². The molecular formula is C13H18O8. The van der Waals surface area contributed by atoms with Crippen LogP contribution in [0.5, 0.6) is 0 Å². The topological polar surface area (TPSA) is 116 Å². The lowest BCUT2D eigenvalue weighted by Gasteiger charge is -2.16. The number of hydrogen-bond donors (Lipinski definition) is 1. The second-order valence-electron chi connectivity index (χ2n) is 4.02. The first-order chi connectivity index (χ1) is 9.77. The van der Waals surface area contributed by atoms with Gasteiger partial charge in [-0.2, -0.15) is 0 Å². The Kier molecular flexibility index (Phi) is 8.43. The zero-order valence-electron chi connectivity index (χ0n) is 11.9. The highest BCUT2D eigenvalue weighted by Crippen LogP contribution is 2.04. The van der Waals surface area contributed by atoms with Gasteiger partial charge in [-0.3, -0.25) is 9.59 Å². The summed E-state index contributed by atoms with van der Waals surface area (Å²) in [6, 6.07) is 0. The molecule has 0 heterocycles. The van der Waals surface area contributed by atoms with E-state index in [1.807, 2.05) is 0 Å². The van der Waals surface area contributed by atoms with E-state index in [-0.39, 0.29) is 13.0 Å². The summed E-state index contributed by atoms with van der Waals surface area (Å²) in [5.74, 6) is -3.68. The average Bonchev–Trinajstić information content (AvgIpc) is 2.42. The number of hydrogen-bond acceptors (Lipinski definition) is 7. The molecule has 0 aromatic heterocycles. The summed E-state index contributed by atoms with van der Waals surface area (Å²) in [7, 11) is 0. The van der Waals surface area contributed by atoms with Crippen molar-refractivity contribution in [1.82, 2.24) is 0 Å². The van der Waals surface area contributed by atoms with Crippen LogP contribution in [0.25, 0.3) is 0 Å². The van der Waals surface area contributed by atoms with Gasteiger partial charge in [0, 0.05) is 0 Å². The molecule has 118 valence electrons. The first-order valence-electron chi connectivity index (χ1n) is 6.17. The number of carboxylic acid groups (broad SMARTS) is 1. The first-order valence-corrected chi connectivity index (χ1v) is 6.17. The second-order valence-corrected chi connectivity index (χ2v) is 4.02. The minimum absolute atomic E-state index is 0.0134. The lowest BCUT2D eigenvalue weighted by Crippen LogP contribution is -2.33. The van der Waals surface area contributed by atoms with Gasteiger partial charge < -0.3 is 19.3 Å². The Morgan fingerprint density at radius 1 is 1.05 bits per heavy atom. The maximum atomic E-state index is 11.6. The van der Waals surface area contributed by atoms with Crippen molar-refractivity contribution >= 4 is 23.9 Å². The zero-order valence-corrected chi connectivity index (χ0v) is 11.9. The molecule has 0 saturated carbocycles. The molecule has 8 nitrogen and oxygen atoms in total. The molecule has 0 aromatic carbocycles. The fraction of sp³-hybridized carbons (Fsp3) is 0.538. The number of esters is 3. The van der Waals surface area contributed by atoms with E-state index in [2.05, 4.69) is 16.1 Å². The van der Waals surface area contributed by atoms with Gasteiger partial charge in [0.1, 0.15) is 6.61 Å². The number of rotatable bonds is 9. The van der Waals surface area contributed by atoms with E-state index < -0.39 is 42.5 Å². The lowest BCUT2D eigenvalue weighted by atomic mass is 10.3. The molecule has 0 aromatic rings. The Hall–Kier alpha value is -2.38. The molecule has 0 aliphatic heterocycles. The van der Waals surface area contributed by atoms with Gasteiger partial charge in [-0.05, 0) is 13.8 Å². The minimum Gasteiger partial charge on any atom is -0.481 e. The Bertz CT molecular complexity index is 414. The SMILES string of the molecule is C=CCOC(=O)[C@H](C)OC(=O)[C@H](C)OC(=O)CCC(=O)O. The van der Waals surface area contributed by atoms with Crippen molar-refractivity contribution in [1.29, 1.82) is 0 Å². The van der Waals surface area contributed by atoms with Crippen molar-refractivity contribution in [2.45, 2.75) is 38.9 Å². The minimum atomic E-state index is -1.25. The number of carbonyl (C=O) groups excluding carboxylic acids is 3. The highest BCUT2D eigenvalue weighted by Gasteiger charge is 2.25. The largest absolute Gasteiger partial charge is 0.481 e. The van der Waals surface area contributed by atoms with Crippen molar-refractivity contribution in [2.24, 2.45) is 0 Å². The van der Waals surface area contributed by atoms with E-state index in [1.165, 1.54) is 19.9 Å². The van der Waals surface area contributed by atoms with Crippen LogP contribution < -0.4 is 0 Å². The number of ether oxygens (including phenoxy) is 3. The van der Waals surface area contributed by atoms with Crippen molar-refractivity contribution in [3.05, 3.63) is 12.7 Å². The average molecular weight is 302 g/mol. The summed E-state index contributed by atoms with van der Waals surface area (Å²) in [5.41, 5.74) is 0. The number of carbonyl (C=O) groups is 4. The third kappa shape index (κ3) is 8.40. The van der Waals surface area contributed by atoms with E-state index >= 15 is 0 Å². The van der Waals surface area contributed by atoms with Gasteiger partial charge in [-0.15, -0.1) is 0 Å². The van der Waals surface area contributed by atoms with Gasteiger partial charge in [0.05, 0.1) is 12.8 Å². The number of carboxylic acids is 1. The molecule has 0 unspecified atom stereocenters. The predicted molar refractivity (Wildman–Crippen MR) is 69.1 cm³/mol. The van der Waals surface area contributed by atoms with Crippen LogP contribution in [0.15, 0.2) is 12.7 Å². The van der Waals surface area contributed by atoms with E-state index in [1.54, 1.807) is 0 Å². The first kappa shape index (κ1) is 18.6. The highest BCUT2D eigenvalue weighted by molar-refractivity contribution is 5.83. The molecule has 0 radical (unpaired) electrons. The van der Waals surface area contributed by atoms with E-state index in [0.29, 0.717) is 0 Å². The second kappa shape index (κ2) is 9.51. The third-order valence-electron chi connectivity index (χ3n) is 2.15. The summed E-state index contributed by atoms with van der Waals surface area (Å²) < 4.78 is 14.1. The quantitative estimate of drug-likeness (QED) is 0.370. The summed E-state index contributed by atoms with van der Waals surface area (Å²) in [5, 5.41) is 8.40. The molecule has 0 amide bonds. The monoisotopic (exact) mass is 302 g/mol. The van der Waals surface area contributed by atoms with E-state index in [4.69, 9.17) is 9.84 Å². The van der Waals surface area contributed by atoms with Crippen LogP contribution in [0.2, 0.25) is 0 Å². The Morgan fingerprint density at radius 3 is 2.14 bits per heavy atom. The van der Waals surface area contributed by atoms with Gasteiger partial charge in [-0.1, -0.05) is 12.7 Å². The van der Waals surface area contributed by atoms with Crippen LogP contribution >= 0.6 is 0 Å². The predicted octanol–water partition coefficient (Wildman–Crippen LogP) is 0.444. The van der Waals surface area contributed by atoms with Crippen LogP contribution in [0, 0.1) is 0 Å². The smallest absolute Gasteiger partial charge is 0.347 e. The summed E-state index contributed by atoms with van der Waals surface area (Å²) in [6.45, 7) is 5.91. The highest BCUT2D eigenvalue weighted by atomic mass is 16.6. The fourth-order valence-electron chi connectivity index (χ4n) is 1.09. The molecule has 2 atom stereocenters. The molecule has 0 bridgehead atoms. The van der Waals surface area contributed by atoms with Crippen LogP contribution in [0.1, 0.15) is 26.7 Å². The summed E-state index contributed by atoms with van der Waals surface area (Å²) in [6.07, 6.45) is -1.80. The Labute approximate surface area is 121 Å². The van der Waals surface area contributed by atoms with Crippen LogP contribution in [0.4, 0.5) is 0 Å². The molecule has 0 fully saturated rings. The molecule has 1 N–H and O–H groups in total. The zero-order chi connectivity index (χ0) is 16.4. The van der Waals surface area contributed by atoms with Gasteiger partial charge in [0.25, 0.3) is 0 Å². The molecule has 0 aliphatic rings. The van der Waals surface area contributed by atoms with Crippen LogP contribution in [0.3, 0.4) is 0 Å². The Morgan fingerprint density at radius 2 is 1.62 bits per heavy atom. The molecule has 0 rings (SSSR count). The summed E-state index contributed by atoms with van der Waals surface area (Å²) in [4.78, 5) is 44.4. The van der Waals surface area contributed by atoms with Crippen molar-refractivity contribution < 1.29 is 38.5 Å². The van der Waals surface area contributed by atoms with Crippen molar-refractivity contribution in [3.63, 3.8) is 0 Å². The third-order valence-corrected chi connectivity index (χ3v) is 2.15. The molecule has 0 saturated heterocycles. The van der Waals surface area contributed by atoms with Gasteiger partial charge in [0.2, 0.25) is 0 Å². The summed E-state index contributed by atoms with van der Waals surface area (Å²) >= 11 is 0. The van der Waals surface area contributed by atoms with E-state index in [9.17, 15) is 19.2 Å². The normalized spacial score (nSPS) is 12.7. The maximum absolute atomic E-state index is 11.6. The molecule has 0 aliphatic carbocycles. The van der Waals surface area contributed by atoms with Gasteiger partial charge >= 0.3 is 23.9 Å². The maximum Gasteiger partial charge on any atom is 0.347 e. The Balaban J connectivity index is 4.19. The molecule has 21 heavy (non-hydrogen) atoms. The van der Waals surface area contributed by atoms with Crippen LogP contribution in [-0.4, -0.2) is 47.8 Å². The van der Waals surface area contributed by atoms with Crippen molar-refractivity contribution in [2.75, 3.05) is 6.61 Å². The van der Waals surface area contributed by atoms with E-state index in [0.717, 1.165) is 0 Å². The fourth-order valence-corrected chi connectivity index (χ4v) is 1.09. The molecular weight excluding hydrogens is 284 g/mol. The molecule has 8 heteroatoms. The number of aliphatic carboxylic acids is 1. The van der Waals surface area contributed by atoms with Gasteiger partial charge in [0.15, 0.2) is 12.2 Å². The van der Waals surface area contributed by atoms with Crippen molar-refractivity contribution in [3.8, 4) is 0 Å².